The largest absolute Gasteiger partial charge is 0.473 e. The number of hydrogen-bond donors (Lipinski definition) is 2. The first kappa shape index (κ1) is 17.5. The Morgan fingerprint density at radius 2 is 1.91 bits per heavy atom. The molecule has 0 aliphatic heterocycles. The number of rotatable bonds is 6. The van der Waals surface area contributed by atoms with E-state index in [9.17, 15) is 5.11 Å². The van der Waals surface area contributed by atoms with Crippen LogP contribution in [0.3, 0.4) is 0 Å². The zero-order valence-corrected chi connectivity index (χ0v) is 14.6. The van der Waals surface area contributed by atoms with Crippen LogP contribution in [0.4, 0.5) is 0 Å². The Labute approximate surface area is 138 Å². The molecule has 0 spiro atoms. The molecule has 0 aliphatic carbocycles. The van der Waals surface area contributed by atoms with Gasteiger partial charge in [-0.25, -0.2) is 4.98 Å². The molecule has 1 atom stereocenters. The number of pyridine rings is 1. The number of hydrogen-bond acceptors (Lipinski definition) is 4. The molecule has 0 fully saturated rings. The van der Waals surface area contributed by atoms with Crippen LogP contribution in [0, 0.1) is 13.8 Å². The zero-order chi connectivity index (χ0) is 17.0. The molecule has 2 heterocycles. The summed E-state index contributed by atoms with van der Waals surface area (Å²) in [5.41, 5.74) is 3.28. The molecular formula is C18H27N3O2. The minimum atomic E-state index is -0.586. The lowest BCUT2D eigenvalue weighted by Crippen LogP contribution is -2.42. The second-order valence-corrected chi connectivity index (χ2v) is 6.95. The zero-order valence-electron chi connectivity index (χ0n) is 14.6. The van der Waals surface area contributed by atoms with Gasteiger partial charge in [0.1, 0.15) is 18.4 Å². The summed E-state index contributed by atoms with van der Waals surface area (Å²) in [6, 6.07) is 3.84. The highest BCUT2D eigenvalue weighted by atomic mass is 16.5. The summed E-state index contributed by atoms with van der Waals surface area (Å²) in [5, 5.41) is 13.3. The molecule has 0 amide bonds. The molecular weight excluding hydrogens is 290 g/mol. The highest BCUT2D eigenvalue weighted by Gasteiger charge is 2.14. The number of aryl methyl sites for hydroxylation is 2. The number of nitrogens with one attached hydrogen (secondary N) is 1. The van der Waals surface area contributed by atoms with Gasteiger partial charge in [-0.15, -0.1) is 0 Å². The van der Waals surface area contributed by atoms with Crippen molar-refractivity contribution in [1.29, 1.82) is 0 Å². The molecule has 5 heteroatoms. The van der Waals surface area contributed by atoms with Crippen LogP contribution in [0.2, 0.25) is 0 Å². The van der Waals surface area contributed by atoms with E-state index in [1.54, 1.807) is 6.20 Å². The van der Waals surface area contributed by atoms with Crippen LogP contribution in [0.15, 0.2) is 30.7 Å². The van der Waals surface area contributed by atoms with Crippen molar-refractivity contribution in [2.75, 3.05) is 13.2 Å². The standard InChI is InChI=1S/C18H27N3O2/c1-13-10-21(11-14(13)2)16-7-6-8-19-17(16)23-12-15(22)9-20-18(3,4)5/h6-8,10-11,15,20,22H,9,12H2,1-5H3. The molecule has 0 saturated carbocycles. The number of aliphatic hydroxyl groups excluding tert-OH is 1. The minimum Gasteiger partial charge on any atom is -0.473 e. The van der Waals surface area contributed by atoms with Crippen LogP contribution in [-0.2, 0) is 0 Å². The summed E-state index contributed by atoms with van der Waals surface area (Å²) in [6.07, 6.45) is 5.22. The molecule has 0 aromatic carbocycles. The number of β-amino-alcohol motifs (C(OH)–C–C–N with tert-alkyl or cyclic N) is 1. The van der Waals surface area contributed by atoms with Crippen LogP contribution in [-0.4, -0.2) is 39.5 Å². The predicted octanol–water partition coefficient (Wildman–Crippen LogP) is 2.62. The van der Waals surface area contributed by atoms with Gasteiger partial charge in [0.25, 0.3) is 0 Å². The maximum absolute atomic E-state index is 10.1. The third-order valence-corrected chi connectivity index (χ3v) is 3.60. The first-order valence-electron chi connectivity index (χ1n) is 7.93. The molecule has 2 rings (SSSR count). The Kier molecular flexibility index (Phi) is 5.44. The molecule has 1 unspecified atom stereocenters. The average Bonchev–Trinajstić information content (AvgIpc) is 2.82. The quantitative estimate of drug-likeness (QED) is 0.860. The number of aliphatic hydroxyl groups is 1. The lowest BCUT2D eigenvalue weighted by Gasteiger charge is -2.23. The van der Waals surface area contributed by atoms with Gasteiger partial charge in [0.05, 0.1) is 0 Å². The number of aromatic nitrogens is 2. The molecule has 0 aliphatic rings. The highest BCUT2D eigenvalue weighted by molar-refractivity contribution is 5.43. The first-order valence-corrected chi connectivity index (χ1v) is 7.93. The van der Waals surface area contributed by atoms with Gasteiger partial charge >= 0.3 is 0 Å². The predicted molar refractivity (Wildman–Crippen MR) is 92.3 cm³/mol. The van der Waals surface area contributed by atoms with Crippen molar-refractivity contribution in [3.63, 3.8) is 0 Å². The van der Waals surface area contributed by atoms with E-state index >= 15 is 0 Å². The van der Waals surface area contributed by atoms with Gasteiger partial charge in [-0.05, 0) is 57.9 Å². The Balaban J connectivity index is 2.03. The molecule has 5 nitrogen and oxygen atoms in total. The van der Waals surface area contributed by atoms with E-state index in [1.165, 1.54) is 11.1 Å². The van der Waals surface area contributed by atoms with E-state index < -0.39 is 6.10 Å². The van der Waals surface area contributed by atoms with Gasteiger partial charge in [-0.2, -0.15) is 0 Å². The lowest BCUT2D eigenvalue weighted by atomic mass is 10.1. The number of nitrogens with zero attached hydrogens (tertiary/aromatic N) is 2. The smallest absolute Gasteiger partial charge is 0.238 e. The summed E-state index contributed by atoms with van der Waals surface area (Å²) in [6.45, 7) is 11.0. The van der Waals surface area contributed by atoms with Gasteiger partial charge in [0, 0.05) is 30.7 Å². The Morgan fingerprint density at radius 1 is 1.26 bits per heavy atom. The van der Waals surface area contributed by atoms with Crippen molar-refractivity contribution in [3.8, 4) is 11.6 Å². The fourth-order valence-corrected chi connectivity index (χ4v) is 2.15. The molecule has 2 aromatic heterocycles. The van der Waals surface area contributed by atoms with E-state index in [1.807, 2.05) is 16.7 Å². The van der Waals surface area contributed by atoms with Crippen molar-refractivity contribution in [3.05, 3.63) is 41.9 Å². The van der Waals surface area contributed by atoms with Crippen LogP contribution in [0.1, 0.15) is 31.9 Å². The molecule has 2 aromatic rings. The lowest BCUT2D eigenvalue weighted by molar-refractivity contribution is 0.0977. The fraction of sp³-hybridized carbons (Fsp3) is 0.500. The Morgan fingerprint density at radius 3 is 2.52 bits per heavy atom. The van der Waals surface area contributed by atoms with Crippen LogP contribution in [0.25, 0.3) is 5.69 Å². The van der Waals surface area contributed by atoms with Crippen LogP contribution >= 0.6 is 0 Å². The molecule has 23 heavy (non-hydrogen) atoms. The molecule has 2 N–H and O–H groups in total. The monoisotopic (exact) mass is 317 g/mol. The summed E-state index contributed by atoms with van der Waals surface area (Å²) in [4.78, 5) is 4.30. The van der Waals surface area contributed by atoms with Crippen LogP contribution in [0.5, 0.6) is 5.88 Å². The first-order chi connectivity index (χ1) is 10.8. The van der Waals surface area contributed by atoms with Crippen LogP contribution < -0.4 is 10.1 Å². The van der Waals surface area contributed by atoms with E-state index in [0.29, 0.717) is 12.4 Å². The van der Waals surface area contributed by atoms with E-state index in [-0.39, 0.29) is 12.1 Å². The van der Waals surface area contributed by atoms with Crippen molar-refractivity contribution in [2.24, 2.45) is 0 Å². The number of ether oxygens (including phenoxy) is 1. The summed E-state index contributed by atoms with van der Waals surface area (Å²) >= 11 is 0. The SMILES string of the molecule is Cc1cn(-c2cccnc2OCC(O)CNC(C)(C)C)cc1C. The third-order valence-electron chi connectivity index (χ3n) is 3.60. The fourth-order valence-electron chi connectivity index (χ4n) is 2.15. The Bertz CT molecular complexity index is 624. The second kappa shape index (κ2) is 7.15. The van der Waals surface area contributed by atoms with Crippen molar-refractivity contribution in [2.45, 2.75) is 46.3 Å². The van der Waals surface area contributed by atoms with Gasteiger partial charge in [0.15, 0.2) is 0 Å². The molecule has 0 bridgehead atoms. The highest BCUT2D eigenvalue weighted by Crippen LogP contribution is 2.22. The van der Waals surface area contributed by atoms with Crippen molar-refractivity contribution < 1.29 is 9.84 Å². The Hall–Kier alpha value is -1.85. The van der Waals surface area contributed by atoms with Gasteiger partial charge in [0.2, 0.25) is 5.88 Å². The molecule has 0 saturated heterocycles. The van der Waals surface area contributed by atoms with Gasteiger partial charge in [-0.3, -0.25) is 0 Å². The van der Waals surface area contributed by atoms with E-state index in [4.69, 9.17) is 4.74 Å². The second-order valence-electron chi connectivity index (χ2n) is 6.95. The minimum absolute atomic E-state index is 0.0304. The normalized spacial score (nSPS) is 13.1. The summed E-state index contributed by atoms with van der Waals surface area (Å²) in [5.74, 6) is 0.525. The van der Waals surface area contributed by atoms with Gasteiger partial charge < -0.3 is 19.7 Å². The van der Waals surface area contributed by atoms with Crippen molar-refractivity contribution in [1.82, 2.24) is 14.9 Å². The summed E-state index contributed by atoms with van der Waals surface area (Å²) in [7, 11) is 0. The van der Waals surface area contributed by atoms with E-state index in [0.717, 1.165) is 5.69 Å². The van der Waals surface area contributed by atoms with Crippen molar-refractivity contribution >= 4 is 0 Å². The topological polar surface area (TPSA) is 59.3 Å². The summed E-state index contributed by atoms with van der Waals surface area (Å²) < 4.78 is 7.75. The maximum atomic E-state index is 10.1. The molecule has 126 valence electrons. The third kappa shape index (κ3) is 5.08. The average molecular weight is 317 g/mol. The van der Waals surface area contributed by atoms with Gasteiger partial charge in [-0.1, -0.05) is 0 Å². The van der Waals surface area contributed by atoms with E-state index in [2.05, 4.69) is 57.3 Å². The molecule has 0 radical (unpaired) electrons. The maximum Gasteiger partial charge on any atom is 0.238 e.